The molecule has 3 aromatic rings. The topological polar surface area (TPSA) is 62.6 Å². The van der Waals surface area contributed by atoms with Crippen LogP contribution in [0.4, 0.5) is 5.69 Å². The van der Waals surface area contributed by atoms with E-state index < -0.39 is 0 Å². The lowest BCUT2D eigenvalue weighted by Crippen LogP contribution is -3.07. The molecule has 3 N–H and O–H groups in total. The second-order valence-corrected chi connectivity index (χ2v) is 7.51. The number of hydrogen-bond donors (Lipinski definition) is 3. The first-order chi connectivity index (χ1) is 14.5. The lowest BCUT2D eigenvalue weighted by Gasteiger charge is -2.22. The van der Waals surface area contributed by atoms with Gasteiger partial charge in [-0.15, -0.1) is 0 Å². The fraction of sp³-hybridized carbons (Fsp3) is 0.200. The van der Waals surface area contributed by atoms with Crippen molar-refractivity contribution in [1.82, 2.24) is 5.32 Å². The molecule has 0 bridgehead atoms. The highest BCUT2D eigenvalue weighted by Crippen LogP contribution is 2.16. The molecule has 0 unspecified atom stereocenters. The zero-order valence-corrected chi connectivity index (χ0v) is 17.4. The van der Waals surface area contributed by atoms with E-state index in [1.165, 1.54) is 10.5 Å². The van der Waals surface area contributed by atoms with E-state index in [1.54, 1.807) is 18.2 Å². The summed E-state index contributed by atoms with van der Waals surface area (Å²) in [6.45, 7) is 0.497. The fourth-order valence-corrected chi connectivity index (χ4v) is 3.40. The minimum absolute atomic E-state index is 0.134. The van der Waals surface area contributed by atoms with E-state index in [2.05, 4.69) is 36.9 Å². The van der Waals surface area contributed by atoms with Crippen molar-refractivity contribution in [3.63, 3.8) is 0 Å². The minimum atomic E-state index is -0.201. The van der Waals surface area contributed by atoms with E-state index in [1.807, 2.05) is 54.6 Å². The summed E-state index contributed by atoms with van der Waals surface area (Å²) in [6, 6.07) is 26.9. The van der Waals surface area contributed by atoms with Crippen LogP contribution in [-0.2, 0) is 11.2 Å². The van der Waals surface area contributed by atoms with Crippen LogP contribution < -0.4 is 15.5 Å². The predicted octanol–water partition coefficient (Wildman–Crippen LogP) is 2.48. The van der Waals surface area contributed by atoms with Gasteiger partial charge in [0.25, 0.3) is 5.91 Å². The van der Waals surface area contributed by atoms with Crippen molar-refractivity contribution in [1.29, 1.82) is 0 Å². The minimum Gasteiger partial charge on any atom is -0.346 e. The Kier molecular flexibility index (Phi) is 7.35. The zero-order valence-electron chi connectivity index (χ0n) is 17.4. The monoisotopic (exact) mass is 402 g/mol. The number of likely N-dealkylation sites (N-methyl/N-ethyl adjacent to an activating group) is 1. The molecule has 0 saturated carbocycles. The van der Waals surface area contributed by atoms with E-state index >= 15 is 0 Å². The Morgan fingerprint density at radius 2 is 1.43 bits per heavy atom. The van der Waals surface area contributed by atoms with Gasteiger partial charge in [0.1, 0.15) is 6.04 Å². The van der Waals surface area contributed by atoms with Crippen molar-refractivity contribution in [2.75, 3.05) is 26.0 Å². The van der Waals surface area contributed by atoms with Gasteiger partial charge in [0.15, 0.2) is 0 Å². The van der Waals surface area contributed by atoms with E-state index in [0.29, 0.717) is 17.8 Å². The number of benzene rings is 3. The molecule has 0 aliphatic carbocycles. The van der Waals surface area contributed by atoms with Crippen LogP contribution in [0.15, 0.2) is 84.9 Å². The van der Waals surface area contributed by atoms with Crippen molar-refractivity contribution in [2.24, 2.45) is 0 Å². The summed E-state index contributed by atoms with van der Waals surface area (Å²) in [7, 11) is 4.14. The van der Waals surface area contributed by atoms with Crippen molar-refractivity contribution in [3.05, 3.63) is 102 Å². The molecule has 0 spiro atoms. The van der Waals surface area contributed by atoms with Gasteiger partial charge in [-0.25, -0.2) is 0 Å². The molecular weight excluding hydrogens is 374 g/mol. The van der Waals surface area contributed by atoms with Gasteiger partial charge < -0.3 is 15.5 Å². The van der Waals surface area contributed by atoms with Crippen LogP contribution in [0, 0.1) is 0 Å². The van der Waals surface area contributed by atoms with Gasteiger partial charge in [0.2, 0.25) is 5.91 Å². The Hall–Kier alpha value is -3.44. The zero-order chi connectivity index (χ0) is 21.3. The molecule has 0 aromatic heterocycles. The van der Waals surface area contributed by atoms with Crippen molar-refractivity contribution in [2.45, 2.75) is 12.5 Å². The van der Waals surface area contributed by atoms with Crippen LogP contribution in [0.5, 0.6) is 0 Å². The number of carbonyl (C=O) groups excluding carboxylic acids is 2. The normalized spacial score (nSPS) is 11.7. The van der Waals surface area contributed by atoms with Gasteiger partial charge in [0, 0.05) is 5.56 Å². The second-order valence-electron chi connectivity index (χ2n) is 7.51. The van der Waals surface area contributed by atoms with Crippen molar-refractivity contribution < 1.29 is 14.5 Å². The third kappa shape index (κ3) is 5.78. The van der Waals surface area contributed by atoms with Crippen LogP contribution in [-0.4, -0.2) is 32.5 Å². The van der Waals surface area contributed by atoms with Gasteiger partial charge in [-0.3, -0.25) is 9.59 Å². The maximum absolute atomic E-state index is 12.9. The lowest BCUT2D eigenvalue weighted by molar-refractivity contribution is -0.890. The van der Waals surface area contributed by atoms with Gasteiger partial charge in [-0.2, -0.15) is 0 Å². The molecule has 5 nitrogen and oxygen atoms in total. The number of nitrogens with one attached hydrogen (secondary N) is 3. The molecule has 3 rings (SSSR count). The largest absolute Gasteiger partial charge is 0.346 e. The molecule has 154 valence electrons. The molecule has 0 radical (unpaired) electrons. The number of amides is 2. The van der Waals surface area contributed by atoms with Crippen LogP contribution >= 0.6 is 0 Å². The van der Waals surface area contributed by atoms with E-state index in [9.17, 15) is 9.59 Å². The summed E-state index contributed by atoms with van der Waals surface area (Å²) < 4.78 is 0. The van der Waals surface area contributed by atoms with E-state index in [-0.39, 0.29) is 24.3 Å². The molecule has 0 aliphatic heterocycles. The summed E-state index contributed by atoms with van der Waals surface area (Å²) >= 11 is 0. The van der Waals surface area contributed by atoms with Crippen LogP contribution in [0.2, 0.25) is 0 Å². The number of anilines is 1. The molecule has 1 atom stereocenters. The highest BCUT2D eigenvalue weighted by Gasteiger charge is 2.20. The summed E-state index contributed by atoms with van der Waals surface area (Å²) in [5.74, 6) is -0.353. The Bertz CT molecular complexity index is 972. The van der Waals surface area contributed by atoms with E-state index in [4.69, 9.17) is 0 Å². The van der Waals surface area contributed by atoms with Gasteiger partial charge in [-0.05, 0) is 17.7 Å². The Balaban J connectivity index is 1.67. The van der Waals surface area contributed by atoms with Crippen molar-refractivity contribution in [3.8, 4) is 0 Å². The Morgan fingerprint density at radius 1 is 0.833 bits per heavy atom. The number of carbonyl (C=O) groups is 2. The highest BCUT2D eigenvalue weighted by atomic mass is 16.2. The quantitative estimate of drug-likeness (QED) is 0.542. The SMILES string of the molecule is C[NH+](C)[C@H](CNC(=O)c1ccccc1NC(=O)Cc1ccccc1)c1ccccc1. The fourth-order valence-electron chi connectivity index (χ4n) is 3.40. The molecule has 3 aromatic carbocycles. The first kappa shape index (κ1) is 21.3. The first-order valence-electron chi connectivity index (χ1n) is 10.1. The summed E-state index contributed by atoms with van der Waals surface area (Å²) in [5.41, 5.74) is 3.07. The smallest absolute Gasteiger partial charge is 0.253 e. The third-order valence-electron chi connectivity index (χ3n) is 5.02. The number of hydrogen-bond acceptors (Lipinski definition) is 2. The van der Waals surface area contributed by atoms with Gasteiger partial charge in [0.05, 0.1) is 38.3 Å². The molecular formula is C25H28N3O2+. The molecule has 0 aliphatic rings. The summed E-state index contributed by atoms with van der Waals surface area (Å²) in [4.78, 5) is 26.6. The second kappa shape index (κ2) is 10.4. The van der Waals surface area contributed by atoms with Crippen molar-refractivity contribution >= 4 is 17.5 Å². The third-order valence-corrected chi connectivity index (χ3v) is 5.02. The summed E-state index contributed by atoms with van der Waals surface area (Å²) in [5, 5.41) is 5.91. The molecule has 0 heterocycles. The first-order valence-corrected chi connectivity index (χ1v) is 10.1. The number of rotatable bonds is 8. The molecule has 0 fully saturated rings. The molecule has 0 saturated heterocycles. The Morgan fingerprint density at radius 3 is 2.10 bits per heavy atom. The van der Waals surface area contributed by atoms with E-state index in [0.717, 1.165) is 5.56 Å². The van der Waals surface area contributed by atoms with Crippen LogP contribution in [0.3, 0.4) is 0 Å². The average molecular weight is 403 g/mol. The number of para-hydroxylation sites is 1. The predicted molar refractivity (Wildman–Crippen MR) is 120 cm³/mol. The average Bonchev–Trinajstić information content (AvgIpc) is 2.75. The molecule has 30 heavy (non-hydrogen) atoms. The Labute approximate surface area is 177 Å². The maximum Gasteiger partial charge on any atom is 0.253 e. The van der Waals surface area contributed by atoms with Crippen LogP contribution in [0.1, 0.15) is 27.5 Å². The number of quaternary nitrogens is 1. The molecule has 5 heteroatoms. The lowest BCUT2D eigenvalue weighted by atomic mass is 10.1. The maximum atomic E-state index is 12.9. The van der Waals surface area contributed by atoms with Gasteiger partial charge in [-0.1, -0.05) is 72.8 Å². The molecule has 2 amide bonds. The van der Waals surface area contributed by atoms with Gasteiger partial charge >= 0.3 is 0 Å². The summed E-state index contributed by atoms with van der Waals surface area (Å²) in [6.07, 6.45) is 0.261. The standard InChI is InChI=1S/C25H27N3O2/c1-28(2)23(20-13-7-4-8-14-20)18-26-25(30)21-15-9-10-16-22(21)27-24(29)17-19-11-5-3-6-12-19/h3-16,23H,17-18H2,1-2H3,(H,26,30)(H,27,29)/p+1/t23-/m1/s1. The highest BCUT2D eigenvalue weighted by molar-refractivity contribution is 6.04. The van der Waals surface area contributed by atoms with Crippen LogP contribution in [0.25, 0.3) is 0 Å².